The lowest BCUT2D eigenvalue weighted by Crippen LogP contribution is -2.33. The fourth-order valence-electron chi connectivity index (χ4n) is 2.25. The molecule has 0 aromatic heterocycles. The van der Waals surface area contributed by atoms with Crippen LogP contribution < -0.4 is 5.32 Å². The fourth-order valence-corrected chi connectivity index (χ4v) is 2.25. The monoisotopic (exact) mass is 278 g/mol. The Morgan fingerprint density at radius 2 is 2.00 bits per heavy atom. The number of nitrogens with one attached hydrogen (secondary N) is 1. The number of carbonyl (C=O) groups is 1. The summed E-state index contributed by atoms with van der Waals surface area (Å²) < 4.78 is 10.4. The average Bonchev–Trinajstić information content (AvgIpc) is 2.81. The number of rotatable bonds is 7. The molecule has 1 N–H and O–H groups in total. The number of carbonyl (C=O) groups excluding carboxylic acids is 1. The summed E-state index contributed by atoms with van der Waals surface area (Å²) in [5.74, 6) is 0.117. The Morgan fingerprint density at radius 3 is 2.70 bits per heavy atom. The number of ether oxygens (including phenoxy) is 2. The minimum Gasteiger partial charge on any atom is -0.382 e. The highest BCUT2D eigenvalue weighted by Crippen LogP contribution is 2.22. The summed E-state index contributed by atoms with van der Waals surface area (Å²) in [4.78, 5) is 13.8. The van der Waals surface area contributed by atoms with Crippen LogP contribution in [0.15, 0.2) is 24.3 Å². The van der Waals surface area contributed by atoms with E-state index < -0.39 is 0 Å². The average molecular weight is 278 g/mol. The molecular weight excluding hydrogens is 256 g/mol. The van der Waals surface area contributed by atoms with E-state index in [4.69, 9.17) is 9.47 Å². The van der Waals surface area contributed by atoms with E-state index in [-0.39, 0.29) is 12.1 Å². The Hall–Kier alpha value is -1.43. The molecule has 0 radical (unpaired) electrons. The van der Waals surface area contributed by atoms with Crippen LogP contribution in [0.3, 0.4) is 0 Å². The summed E-state index contributed by atoms with van der Waals surface area (Å²) in [6, 6.07) is 8.24. The van der Waals surface area contributed by atoms with E-state index in [2.05, 4.69) is 36.5 Å². The van der Waals surface area contributed by atoms with E-state index >= 15 is 0 Å². The highest BCUT2D eigenvalue weighted by Gasteiger charge is 2.30. The molecule has 1 fully saturated rings. The largest absolute Gasteiger partial charge is 0.382 e. The Kier molecular flexibility index (Phi) is 5.52. The van der Waals surface area contributed by atoms with Gasteiger partial charge in [-0.15, -0.1) is 0 Å². The molecule has 1 saturated heterocycles. The van der Waals surface area contributed by atoms with Crippen molar-refractivity contribution in [2.45, 2.75) is 13.1 Å². The zero-order chi connectivity index (χ0) is 14.4. The van der Waals surface area contributed by atoms with Crippen molar-refractivity contribution in [1.29, 1.82) is 0 Å². The highest BCUT2D eigenvalue weighted by molar-refractivity contribution is 5.80. The standard InChI is InChI=1S/C15H22N2O3/c1-12-3-5-13(6-4-12)15-16-11-14(18)17(15)7-8-20-10-9-19-2/h3-6,15-16H,7-11H2,1-2H3. The molecule has 110 valence electrons. The Labute approximate surface area is 119 Å². The van der Waals surface area contributed by atoms with E-state index in [9.17, 15) is 4.79 Å². The summed E-state index contributed by atoms with van der Waals surface area (Å²) in [5, 5.41) is 3.24. The second kappa shape index (κ2) is 7.38. The van der Waals surface area contributed by atoms with Gasteiger partial charge in [-0.1, -0.05) is 29.8 Å². The first-order valence-corrected chi connectivity index (χ1v) is 6.88. The van der Waals surface area contributed by atoms with Crippen LogP contribution in [-0.4, -0.2) is 50.8 Å². The molecule has 1 heterocycles. The molecule has 1 aromatic rings. The van der Waals surface area contributed by atoms with Crippen molar-refractivity contribution in [3.63, 3.8) is 0 Å². The molecule has 20 heavy (non-hydrogen) atoms. The van der Waals surface area contributed by atoms with Gasteiger partial charge in [0.2, 0.25) is 5.91 Å². The van der Waals surface area contributed by atoms with Gasteiger partial charge in [-0.05, 0) is 12.5 Å². The molecule has 1 unspecified atom stereocenters. The molecule has 1 amide bonds. The third-order valence-corrected chi connectivity index (χ3v) is 3.38. The quantitative estimate of drug-likeness (QED) is 0.759. The van der Waals surface area contributed by atoms with Gasteiger partial charge in [0, 0.05) is 13.7 Å². The fraction of sp³-hybridized carbons (Fsp3) is 0.533. The lowest BCUT2D eigenvalue weighted by molar-refractivity contribution is -0.128. The van der Waals surface area contributed by atoms with E-state index in [1.165, 1.54) is 5.56 Å². The van der Waals surface area contributed by atoms with Crippen LogP contribution in [0.25, 0.3) is 0 Å². The summed E-state index contributed by atoms with van der Waals surface area (Å²) >= 11 is 0. The number of hydrogen-bond acceptors (Lipinski definition) is 4. The molecule has 0 spiro atoms. The minimum atomic E-state index is -0.0471. The molecule has 5 nitrogen and oxygen atoms in total. The number of methoxy groups -OCH3 is 1. The minimum absolute atomic E-state index is 0.0471. The van der Waals surface area contributed by atoms with Crippen molar-refractivity contribution in [1.82, 2.24) is 10.2 Å². The zero-order valence-corrected chi connectivity index (χ0v) is 12.1. The maximum Gasteiger partial charge on any atom is 0.238 e. The van der Waals surface area contributed by atoms with Crippen LogP contribution in [-0.2, 0) is 14.3 Å². The smallest absolute Gasteiger partial charge is 0.238 e. The predicted octanol–water partition coefficient (Wildman–Crippen LogP) is 1.09. The van der Waals surface area contributed by atoms with Gasteiger partial charge in [0.15, 0.2) is 0 Å². The predicted molar refractivity (Wildman–Crippen MR) is 76.3 cm³/mol. The molecule has 0 bridgehead atoms. The van der Waals surface area contributed by atoms with Crippen LogP contribution in [0, 0.1) is 6.92 Å². The van der Waals surface area contributed by atoms with E-state index in [1.807, 2.05) is 4.90 Å². The van der Waals surface area contributed by atoms with Crippen LogP contribution in [0.5, 0.6) is 0 Å². The maximum absolute atomic E-state index is 11.9. The molecule has 1 aliphatic rings. The van der Waals surface area contributed by atoms with Crippen molar-refractivity contribution < 1.29 is 14.3 Å². The van der Waals surface area contributed by atoms with Crippen molar-refractivity contribution in [2.24, 2.45) is 0 Å². The number of aryl methyl sites for hydroxylation is 1. The van der Waals surface area contributed by atoms with Gasteiger partial charge in [-0.3, -0.25) is 10.1 Å². The molecule has 1 atom stereocenters. The van der Waals surface area contributed by atoms with Gasteiger partial charge in [-0.2, -0.15) is 0 Å². The lowest BCUT2D eigenvalue weighted by Gasteiger charge is -2.24. The maximum atomic E-state index is 11.9. The van der Waals surface area contributed by atoms with Gasteiger partial charge < -0.3 is 14.4 Å². The van der Waals surface area contributed by atoms with Gasteiger partial charge in [-0.25, -0.2) is 0 Å². The molecule has 2 rings (SSSR count). The number of amides is 1. The summed E-state index contributed by atoms with van der Waals surface area (Å²) in [6.45, 7) is 4.69. The normalized spacial score (nSPS) is 18.8. The summed E-state index contributed by atoms with van der Waals surface area (Å²) in [5.41, 5.74) is 2.32. The van der Waals surface area contributed by atoms with Crippen molar-refractivity contribution >= 4 is 5.91 Å². The molecule has 0 aliphatic carbocycles. The summed E-state index contributed by atoms with van der Waals surface area (Å²) in [6.07, 6.45) is -0.0471. The Bertz CT molecular complexity index is 433. The molecule has 1 aromatic carbocycles. The summed E-state index contributed by atoms with van der Waals surface area (Å²) in [7, 11) is 1.64. The first-order chi connectivity index (χ1) is 9.72. The Balaban J connectivity index is 1.91. The third kappa shape index (κ3) is 3.79. The zero-order valence-electron chi connectivity index (χ0n) is 12.1. The van der Waals surface area contributed by atoms with Crippen LogP contribution in [0.1, 0.15) is 17.3 Å². The van der Waals surface area contributed by atoms with Crippen LogP contribution >= 0.6 is 0 Å². The number of nitrogens with zero attached hydrogens (tertiary/aromatic N) is 1. The second-order valence-electron chi connectivity index (χ2n) is 4.89. The topological polar surface area (TPSA) is 50.8 Å². The molecular formula is C15H22N2O3. The molecule has 5 heteroatoms. The number of benzene rings is 1. The molecule has 0 saturated carbocycles. The first kappa shape index (κ1) is 15.0. The number of hydrogen-bond donors (Lipinski definition) is 1. The highest BCUT2D eigenvalue weighted by atomic mass is 16.5. The van der Waals surface area contributed by atoms with Gasteiger partial charge in [0.25, 0.3) is 0 Å². The Morgan fingerprint density at radius 1 is 1.25 bits per heavy atom. The van der Waals surface area contributed by atoms with Crippen molar-refractivity contribution in [2.75, 3.05) is 40.0 Å². The molecule has 1 aliphatic heterocycles. The first-order valence-electron chi connectivity index (χ1n) is 6.88. The van der Waals surface area contributed by atoms with E-state index in [0.717, 1.165) is 5.56 Å². The third-order valence-electron chi connectivity index (χ3n) is 3.38. The SMILES string of the molecule is COCCOCCN1C(=O)CNC1c1ccc(C)cc1. The van der Waals surface area contributed by atoms with Gasteiger partial charge in [0.1, 0.15) is 6.17 Å². The van der Waals surface area contributed by atoms with Gasteiger partial charge >= 0.3 is 0 Å². The van der Waals surface area contributed by atoms with Crippen LogP contribution in [0.2, 0.25) is 0 Å². The van der Waals surface area contributed by atoms with Gasteiger partial charge in [0.05, 0.1) is 26.4 Å². The lowest BCUT2D eigenvalue weighted by atomic mass is 10.1. The van der Waals surface area contributed by atoms with E-state index in [0.29, 0.717) is 32.9 Å². The van der Waals surface area contributed by atoms with Crippen molar-refractivity contribution in [3.8, 4) is 0 Å². The second-order valence-corrected chi connectivity index (χ2v) is 4.89. The van der Waals surface area contributed by atoms with E-state index in [1.54, 1.807) is 7.11 Å². The van der Waals surface area contributed by atoms with Crippen LogP contribution in [0.4, 0.5) is 0 Å². The van der Waals surface area contributed by atoms with Crippen molar-refractivity contribution in [3.05, 3.63) is 35.4 Å².